The predicted molar refractivity (Wildman–Crippen MR) is 102 cm³/mol. The number of ether oxygens (including phenoxy) is 1. The zero-order chi connectivity index (χ0) is 19.4. The molecule has 0 radical (unpaired) electrons. The molecule has 2 aromatic rings. The summed E-state index contributed by atoms with van der Waals surface area (Å²) in [7, 11) is 3.22. The topological polar surface area (TPSA) is 78.6 Å². The van der Waals surface area contributed by atoms with Gasteiger partial charge in [-0.25, -0.2) is 0 Å². The van der Waals surface area contributed by atoms with Crippen LogP contribution in [0.25, 0.3) is 17.0 Å². The average Bonchev–Trinajstić information content (AvgIpc) is 3.03. The van der Waals surface area contributed by atoms with Crippen LogP contribution < -0.4 is 0 Å². The Hall–Kier alpha value is -3.11. The number of morpholine rings is 1. The third-order valence-corrected chi connectivity index (χ3v) is 4.55. The number of para-hydroxylation sites is 1. The maximum Gasteiger partial charge on any atom is 0.264 e. The number of nitriles is 1. The van der Waals surface area contributed by atoms with Crippen LogP contribution in [0.1, 0.15) is 5.56 Å². The standard InChI is InChI=1S/C20H22N4O3/c1-22(2)20(26)15(12-21)11-16-13-24(18-6-4-3-5-17(16)18)14-19(25)23-7-9-27-10-8-23/h3-6,11,13H,7-10,14H2,1-2H3/b15-11+. The third-order valence-electron chi connectivity index (χ3n) is 4.55. The Morgan fingerprint density at radius 3 is 2.63 bits per heavy atom. The molecule has 2 amide bonds. The fourth-order valence-corrected chi connectivity index (χ4v) is 3.12. The van der Waals surface area contributed by atoms with Gasteiger partial charge in [0.2, 0.25) is 5.91 Å². The lowest BCUT2D eigenvalue weighted by Gasteiger charge is -2.27. The van der Waals surface area contributed by atoms with Crippen molar-refractivity contribution >= 4 is 28.8 Å². The maximum atomic E-state index is 12.6. The highest BCUT2D eigenvalue weighted by Gasteiger charge is 2.19. The molecule has 0 N–H and O–H groups in total. The number of rotatable bonds is 4. The number of carbonyl (C=O) groups excluding carboxylic acids is 2. The molecule has 0 spiro atoms. The number of carbonyl (C=O) groups is 2. The fourth-order valence-electron chi connectivity index (χ4n) is 3.12. The van der Waals surface area contributed by atoms with Crippen molar-refractivity contribution in [2.24, 2.45) is 0 Å². The Balaban J connectivity index is 1.95. The van der Waals surface area contributed by atoms with Crippen LogP contribution in [0.15, 0.2) is 36.0 Å². The first-order chi connectivity index (χ1) is 13.0. The minimum atomic E-state index is -0.348. The van der Waals surface area contributed by atoms with Gasteiger partial charge in [0, 0.05) is 49.8 Å². The van der Waals surface area contributed by atoms with Gasteiger partial charge in [0.25, 0.3) is 5.91 Å². The highest BCUT2D eigenvalue weighted by atomic mass is 16.5. The highest BCUT2D eigenvalue weighted by molar-refractivity contribution is 6.03. The van der Waals surface area contributed by atoms with Gasteiger partial charge in [-0.3, -0.25) is 9.59 Å². The molecule has 0 atom stereocenters. The molecule has 0 saturated carbocycles. The Kier molecular flexibility index (Phi) is 5.57. The van der Waals surface area contributed by atoms with Crippen molar-refractivity contribution in [2.45, 2.75) is 6.54 Å². The molecule has 1 aliphatic rings. The Morgan fingerprint density at radius 1 is 1.26 bits per heavy atom. The second kappa shape index (κ2) is 8.06. The molecular formula is C20H22N4O3. The summed E-state index contributed by atoms with van der Waals surface area (Å²) in [4.78, 5) is 27.9. The van der Waals surface area contributed by atoms with Gasteiger partial charge < -0.3 is 19.1 Å². The second-order valence-electron chi connectivity index (χ2n) is 6.59. The lowest BCUT2D eigenvalue weighted by Crippen LogP contribution is -2.42. The van der Waals surface area contributed by atoms with Gasteiger partial charge in [-0.15, -0.1) is 0 Å². The lowest BCUT2D eigenvalue weighted by atomic mass is 10.1. The number of hydrogen-bond acceptors (Lipinski definition) is 4. The van der Waals surface area contributed by atoms with E-state index in [1.165, 1.54) is 4.90 Å². The van der Waals surface area contributed by atoms with Gasteiger partial charge in [0.05, 0.1) is 13.2 Å². The van der Waals surface area contributed by atoms with Gasteiger partial charge in [-0.05, 0) is 12.1 Å². The molecule has 1 saturated heterocycles. The number of benzene rings is 1. The Bertz CT molecular complexity index is 930. The minimum Gasteiger partial charge on any atom is -0.378 e. The summed E-state index contributed by atoms with van der Waals surface area (Å²) in [6, 6.07) is 9.62. The van der Waals surface area contributed by atoms with Crippen LogP contribution in [-0.2, 0) is 20.9 Å². The van der Waals surface area contributed by atoms with E-state index in [0.29, 0.717) is 26.3 Å². The molecule has 1 aromatic heterocycles. The van der Waals surface area contributed by atoms with Crippen molar-refractivity contribution in [1.82, 2.24) is 14.4 Å². The first-order valence-electron chi connectivity index (χ1n) is 8.78. The van der Waals surface area contributed by atoms with Gasteiger partial charge in [-0.1, -0.05) is 18.2 Å². The second-order valence-corrected chi connectivity index (χ2v) is 6.59. The summed E-state index contributed by atoms with van der Waals surface area (Å²) in [5, 5.41) is 10.3. The third kappa shape index (κ3) is 4.01. The Labute approximate surface area is 158 Å². The van der Waals surface area contributed by atoms with E-state index in [9.17, 15) is 14.9 Å². The average molecular weight is 366 g/mol. The number of amides is 2. The first-order valence-corrected chi connectivity index (χ1v) is 8.78. The minimum absolute atomic E-state index is 0.0273. The summed E-state index contributed by atoms with van der Waals surface area (Å²) in [6.45, 7) is 2.52. The van der Waals surface area contributed by atoms with Crippen LogP contribution in [0.4, 0.5) is 0 Å². The zero-order valence-electron chi connectivity index (χ0n) is 15.5. The summed E-state index contributed by atoms with van der Waals surface area (Å²) in [5.41, 5.74) is 1.69. The summed E-state index contributed by atoms with van der Waals surface area (Å²) >= 11 is 0. The van der Waals surface area contributed by atoms with Gasteiger partial charge in [-0.2, -0.15) is 5.26 Å². The molecule has 7 heteroatoms. The van der Waals surface area contributed by atoms with Crippen molar-refractivity contribution < 1.29 is 14.3 Å². The number of nitrogens with zero attached hydrogens (tertiary/aromatic N) is 4. The van der Waals surface area contributed by atoms with Crippen LogP contribution in [-0.4, -0.2) is 66.6 Å². The molecule has 1 aliphatic heterocycles. The quantitative estimate of drug-likeness (QED) is 0.607. The van der Waals surface area contributed by atoms with Crippen LogP contribution in [0.5, 0.6) is 0 Å². The normalized spacial score (nSPS) is 14.9. The number of aromatic nitrogens is 1. The van der Waals surface area contributed by atoms with Crippen molar-refractivity contribution in [1.29, 1.82) is 5.26 Å². The molecule has 7 nitrogen and oxygen atoms in total. The molecule has 140 valence electrons. The number of fused-ring (bicyclic) bond motifs is 1. The summed E-state index contributed by atoms with van der Waals surface area (Å²) < 4.78 is 7.17. The molecule has 0 unspecified atom stereocenters. The fraction of sp³-hybridized carbons (Fsp3) is 0.350. The molecule has 0 bridgehead atoms. The highest BCUT2D eigenvalue weighted by Crippen LogP contribution is 2.24. The molecule has 3 rings (SSSR count). The SMILES string of the molecule is CN(C)C(=O)/C(C#N)=C/c1cn(CC(=O)N2CCOCC2)c2ccccc12. The van der Waals surface area contributed by atoms with E-state index in [0.717, 1.165) is 16.5 Å². The number of hydrogen-bond donors (Lipinski definition) is 0. The van der Waals surface area contributed by atoms with Gasteiger partial charge in [0.15, 0.2) is 0 Å². The van der Waals surface area contributed by atoms with Crippen molar-refractivity contribution in [2.75, 3.05) is 40.4 Å². The Morgan fingerprint density at radius 2 is 1.96 bits per heavy atom. The van der Waals surface area contributed by atoms with Gasteiger partial charge in [0.1, 0.15) is 18.2 Å². The summed E-state index contributed by atoms with van der Waals surface area (Å²) in [6.07, 6.45) is 3.41. The van der Waals surface area contributed by atoms with Crippen LogP contribution in [0.2, 0.25) is 0 Å². The number of likely N-dealkylation sites (N-methyl/N-ethyl adjacent to an activating group) is 1. The first kappa shape index (κ1) is 18.7. The van der Waals surface area contributed by atoms with Crippen molar-refractivity contribution in [3.05, 3.63) is 41.6 Å². The summed E-state index contributed by atoms with van der Waals surface area (Å²) in [5.74, 6) is -0.321. The lowest BCUT2D eigenvalue weighted by molar-refractivity contribution is -0.135. The monoisotopic (exact) mass is 366 g/mol. The smallest absolute Gasteiger partial charge is 0.264 e. The molecule has 1 fully saturated rings. The van der Waals surface area contributed by atoms with E-state index < -0.39 is 0 Å². The maximum absolute atomic E-state index is 12.6. The van der Waals surface area contributed by atoms with E-state index in [2.05, 4.69) is 0 Å². The van der Waals surface area contributed by atoms with E-state index in [1.54, 1.807) is 25.1 Å². The van der Waals surface area contributed by atoms with Crippen LogP contribution in [0, 0.1) is 11.3 Å². The molecule has 2 heterocycles. The van der Waals surface area contributed by atoms with E-state index in [1.807, 2.05) is 41.1 Å². The van der Waals surface area contributed by atoms with Crippen molar-refractivity contribution in [3.63, 3.8) is 0 Å². The van der Waals surface area contributed by atoms with E-state index >= 15 is 0 Å². The predicted octanol–water partition coefficient (Wildman–Crippen LogP) is 1.50. The van der Waals surface area contributed by atoms with E-state index in [-0.39, 0.29) is 23.9 Å². The van der Waals surface area contributed by atoms with Gasteiger partial charge >= 0.3 is 0 Å². The molecule has 0 aliphatic carbocycles. The molecule has 27 heavy (non-hydrogen) atoms. The molecule has 1 aromatic carbocycles. The largest absolute Gasteiger partial charge is 0.378 e. The van der Waals surface area contributed by atoms with Crippen LogP contribution >= 0.6 is 0 Å². The zero-order valence-corrected chi connectivity index (χ0v) is 15.5. The molecular weight excluding hydrogens is 344 g/mol. The van der Waals surface area contributed by atoms with Crippen LogP contribution in [0.3, 0.4) is 0 Å². The van der Waals surface area contributed by atoms with E-state index in [4.69, 9.17) is 4.74 Å². The van der Waals surface area contributed by atoms with Crippen molar-refractivity contribution in [3.8, 4) is 6.07 Å².